The van der Waals surface area contributed by atoms with Gasteiger partial charge in [0.05, 0.1) is 78.3 Å². The van der Waals surface area contributed by atoms with Crippen LogP contribution in [0.15, 0.2) is 0 Å². The first-order valence-electron chi connectivity index (χ1n) is 41.1. The van der Waals surface area contributed by atoms with Crippen LogP contribution in [0.1, 0.15) is 12.8 Å². The first-order valence-corrected chi connectivity index (χ1v) is 44.2. The number of carboxylic acid groups (broad SMARTS) is 2. The summed E-state index contributed by atoms with van der Waals surface area (Å²) in [5, 5.41) is 398. The molecule has 0 saturated carbocycles. The zero-order valence-electron chi connectivity index (χ0n) is 69.5. The highest BCUT2D eigenvalue weighted by Crippen LogP contribution is 2.49. The van der Waals surface area contributed by atoms with E-state index >= 15 is 0 Å². The maximum Gasteiger partial charge on any atom is 0.470 e. The molecule has 0 aliphatic carbocycles. The van der Waals surface area contributed by atoms with E-state index in [1.54, 1.807) is 0 Å². The fraction of sp³-hybridized carbons (Fsp3) is 0.971. The monoisotopic (exact) mass is 2030 g/mol. The number of phosphoric ester groups is 2. The molecule has 10 aliphatic rings. The molecule has 54 atom stereocenters. The minimum atomic E-state index is -6.49. The van der Waals surface area contributed by atoms with Crippen molar-refractivity contribution in [2.24, 2.45) is 0 Å². The first kappa shape index (κ1) is 114. The second-order valence-electron chi connectivity index (χ2n) is 33.1. The molecule has 10 heterocycles. The molecule has 10 aliphatic heterocycles. The second kappa shape index (κ2) is 47.5. The van der Waals surface area contributed by atoms with E-state index in [1.165, 1.54) is 0 Å². The van der Waals surface area contributed by atoms with Gasteiger partial charge in [0.15, 0.2) is 50.3 Å². The number of carbonyl (C=O) groups is 2. The van der Waals surface area contributed by atoms with Crippen LogP contribution in [0.5, 0.6) is 0 Å². The van der Waals surface area contributed by atoms with E-state index < -0.39 is 437 Å². The van der Waals surface area contributed by atoms with Crippen molar-refractivity contribution in [3.63, 3.8) is 0 Å². The molecule has 10 fully saturated rings. The van der Waals surface area contributed by atoms with Crippen molar-refractivity contribution in [3.05, 3.63) is 0 Å². The van der Waals surface area contributed by atoms with Gasteiger partial charge < -0.3 is 293 Å². The number of aliphatic hydroxyl groups is 34. The Bertz CT molecular complexity index is 3780. The van der Waals surface area contributed by atoms with Crippen LogP contribution in [0.3, 0.4) is 0 Å². The molecular formula is C68H116O65P2. The van der Waals surface area contributed by atoms with Gasteiger partial charge in [-0.1, -0.05) is 0 Å². The molecule has 0 amide bonds. The summed E-state index contributed by atoms with van der Waals surface area (Å²) in [6.45, 7) is -13.8. The summed E-state index contributed by atoms with van der Waals surface area (Å²) in [5.41, 5.74) is 0. The molecule has 0 spiro atoms. The lowest BCUT2D eigenvalue weighted by Gasteiger charge is -2.52. The number of aliphatic hydroxyl groups excluding tert-OH is 33. The average Bonchev–Trinajstić information content (AvgIpc) is 0.742. The minimum Gasteiger partial charge on any atom is -0.477 e. The Kier molecular flexibility index (Phi) is 40.1. The van der Waals surface area contributed by atoms with Gasteiger partial charge in [0, 0.05) is 12.8 Å². The van der Waals surface area contributed by atoms with E-state index in [2.05, 4.69) is 0 Å². The molecule has 0 radical (unpaired) electrons. The fourth-order valence-corrected chi connectivity index (χ4v) is 17.6. The third kappa shape index (κ3) is 25.4. The molecule has 10 rings (SSSR count). The van der Waals surface area contributed by atoms with Gasteiger partial charge >= 0.3 is 27.6 Å². The van der Waals surface area contributed by atoms with Crippen LogP contribution in [0, 0.1) is 0 Å². The smallest absolute Gasteiger partial charge is 0.470 e. The highest BCUT2D eigenvalue weighted by molar-refractivity contribution is 7.46. The van der Waals surface area contributed by atoms with Crippen LogP contribution in [0.4, 0.5) is 0 Å². The summed E-state index contributed by atoms with van der Waals surface area (Å²) >= 11 is 0. The third-order valence-corrected chi connectivity index (χ3v) is 24.8. The van der Waals surface area contributed by atoms with Crippen molar-refractivity contribution >= 4 is 27.6 Å². The third-order valence-electron chi connectivity index (χ3n) is 23.8. The zero-order chi connectivity index (χ0) is 101. The van der Waals surface area contributed by atoms with Gasteiger partial charge in [0.2, 0.25) is 0 Å². The van der Waals surface area contributed by atoms with Crippen molar-refractivity contribution < 1.29 is 321 Å². The summed E-state index contributed by atoms with van der Waals surface area (Å²) in [5.74, 6) is -12.2. The van der Waals surface area contributed by atoms with Crippen molar-refractivity contribution in [2.45, 2.75) is 343 Å². The Hall–Kier alpha value is -2.96. The Labute approximate surface area is 756 Å². The Balaban J connectivity index is 1.08. The largest absolute Gasteiger partial charge is 0.477 e. The van der Waals surface area contributed by atoms with E-state index in [-0.39, 0.29) is 0 Å². The van der Waals surface area contributed by atoms with Gasteiger partial charge in [-0.05, 0) is 0 Å². The number of phosphoric acid groups is 2. The highest BCUT2D eigenvalue weighted by Gasteiger charge is 2.66. The normalized spacial score (nSPS) is 48.0. The van der Waals surface area contributed by atoms with Crippen molar-refractivity contribution in [3.8, 4) is 0 Å². The zero-order valence-corrected chi connectivity index (χ0v) is 71.3. The predicted octanol–water partition coefficient (Wildman–Crippen LogP) is -25.4. The molecule has 0 unspecified atom stereocenters. The maximum absolute atomic E-state index is 13.5. The summed E-state index contributed by atoms with van der Waals surface area (Å²) in [4.78, 5) is 69.1. The van der Waals surface area contributed by atoms with Crippen LogP contribution in [0.2, 0.25) is 0 Å². The second-order valence-corrected chi connectivity index (χ2v) is 35.5. The van der Waals surface area contributed by atoms with Crippen LogP contribution in [-0.4, -0.2) is 612 Å². The van der Waals surface area contributed by atoms with Gasteiger partial charge in [-0.15, -0.1) is 0 Å². The molecule has 67 heteroatoms. The number of rotatable bonds is 40. The lowest BCUT2D eigenvalue weighted by molar-refractivity contribution is -0.409. The van der Waals surface area contributed by atoms with Crippen molar-refractivity contribution in [2.75, 3.05) is 66.1 Å². The van der Waals surface area contributed by atoms with E-state index in [1.807, 2.05) is 0 Å². The average molecular weight is 2040 g/mol. The van der Waals surface area contributed by atoms with Crippen LogP contribution in [-0.2, 0) is 118 Å². The molecule has 135 heavy (non-hydrogen) atoms. The van der Waals surface area contributed by atoms with Crippen molar-refractivity contribution in [1.29, 1.82) is 0 Å². The van der Waals surface area contributed by atoms with E-state index in [0.717, 1.165) is 0 Å². The molecule has 65 nitrogen and oxygen atoms in total. The van der Waals surface area contributed by atoms with E-state index in [9.17, 15) is 222 Å². The molecule has 788 valence electrons. The summed E-state index contributed by atoms with van der Waals surface area (Å²) in [6.07, 6.45) is -137. The number of carboxylic acids is 2. The van der Waals surface area contributed by atoms with Crippen LogP contribution >= 0.6 is 15.6 Å². The quantitative estimate of drug-likeness (QED) is 0.0253. The number of hydrogen-bond acceptors (Lipinski definition) is 59. The van der Waals surface area contributed by atoms with Crippen LogP contribution < -0.4 is 0 Å². The van der Waals surface area contributed by atoms with Gasteiger partial charge in [-0.2, -0.15) is 0 Å². The van der Waals surface area contributed by atoms with E-state index in [0.29, 0.717) is 0 Å². The Morgan fingerprint density at radius 2 is 0.652 bits per heavy atom. The number of aliphatic carboxylic acids is 2. The lowest BCUT2D eigenvalue weighted by Crippen LogP contribution is -2.70. The summed E-state index contributed by atoms with van der Waals surface area (Å²) in [6, 6.07) is 0. The highest BCUT2D eigenvalue weighted by atomic mass is 31.2. The van der Waals surface area contributed by atoms with Crippen molar-refractivity contribution in [1.82, 2.24) is 0 Å². The van der Waals surface area contributed by atoms with Gasteiger partial charge in [-0.3, -0.25) is 9.05 Å². The predicted molar refractivity (Wildman–Crippen MR) is 398 cm³/mol. The number of ether oxygens (including phenoxy) is 19. The molecule has 0 bridgehead atoms. The summed E-state index contributed by atoms with van der Waals surface area (Å²) in [7, 11) is -12.9. The fourth-order valence-electron chi connectivity index (χ4n) is 16.4. The molecule has 10 saturated heterocycles. The summed E-state index contributed by atoms with van der Waals surface area (Å²) < 4.78 is 145. The molecule has 40 N–H and O–H groups in total. The topological polar surface area (TPSA) is 1070 Å². The van der Waals surface area contributed by atoms with Gasteiger partial charge in [0.1, 0.15) is 256 Å². The van der Waals surface area contributed by atoms with Crippen LogP contribution in [0.25, 0.3) is 0 Å². The molecular weight excluding hydrogens is 1920 g/mol. The SMILES string of the molecule is O=C(O)[C@@]1(O[C@@H]2C[C@](O)(C(=O)O)O[C@H]([C@H](O)CO)[C@@H]2O[C@H]2O[C@H]([C@@H](O)CO)[C@@H](OP(=O)(O)O)[C@@H](O[C@H]3O[C@H]([C@@H](O)CO[C@H]4O[C@H]([C@@H](O)CO)[C@@H](O)[C@H](O)[C@@H]4O)[C@@H](OP(=O)(O)O)[C@H](O[C@H]4O[C@H](CO[C@H]5O[C@H](CO)[C@H](O)[C@H](O)[C@H]5O)[C@@H](O)[C@H](O[C@H]5O[C@H](CO)[C@@H](O)[C@H](O)[C@H]5O[C@H]5O[C@H](CO[C@H]6O[C@H]([C@@H](O)CO)[C@@H](O)[C@H](O)[C@@H]6O)[C@@H](O)[C@H](O)[C@H]5O)[C@H]4O)[C@@H]3O)[C@@H]2O)C[C@@H](O)[C@@H](O)[C@@H]([C@H](O)CO)O1. The first-order chi connectivity index (χ1) is 63.1. The molecule has 0 aromatic carbocycles. The number of hydrogen-bond donors (Lipinski definition) is 40. The van der Waals surface area contributed by atoms with Gasteiger partial charge in [-0.25, -0.2) is 18.7 Å². The lowest BCUT2D eigenvalue weighted by atomic mass is 9.89. The molecule has 0 aromatic heterocycles. The Morgan fingerprint density at radius 3 is 1.10 bits per heavy atom. The minimum absolute atomic E-state index is 1.10. The van der Waals surface area contributed by atoms with Gasteiger partial charge in [0.25, 0.3) is 11.6 Å². The standard InChI is InChI=1S/C68H116O65P2/c69-3-14(77)44-35(93)32(90)38(96)58(120-44)113-10-19(82)48-56(133-135(110,111)112)53(43(101)63(123-48)127-52-42(100)62(122-47(17(80)6-72)55(52)132-134(107,108)109)124-50-20(2-67(106,65(102)103)130-49(50)18(81)7-73)129-68(66(104)105)1-13(76)25(83)46(131-68)16(79)5-71)126-61-41(99)51(29(87)24(119-61)12-114-57-37(95)30(88)26(84)21(8-74)116-57)125-64-54(34(92)27(85)22(9-75)117-64)128-60-40(98)31(89)28(86)23(118-60)11-115-59-39(97)33(91)36(94)45(121-59)15(78)4-70/h13-64,69-101,106H,1-12H2,(H,102,103)(H,104,105)(H2,107,108,109)(H2,110,111,112)/t13-,14+,15+,16-,17+,18-,19+,20-,21-,22-,23-,24-,25-,26+,27-,28-,29-,30+,31+,32+,33+,34+,35+,36+,37-,38+,39+,40-,41-,42+,43+,44-,45-,46-,47-,48-,49-,50-,51+,52+,53-,54-,55-,56-,57+,58+,59+,60-,61-,62-,63-,64-,67-,68-/m1/s1. The van der Waals surface area contributed by atoms with E-state index in [4.69, 9.17) is 99.0 Å². The Morgan fingerprint density at radius 1 is 0.311 bits per heavy atom. The maximum atomic E-state index is 13.5. The molecule has 0 aromatic rings.